The molecule has 4 aromatic rings. The lowest BCUT2D eigenvalue weighted by Crippen LogP contribution is -2.07. The summed E-state index contributed by atoms with van der Waals surface area (Å²) < 4.78 is 8.91. The Kier molecular flexibility index (Phi) is 6.18. The average Bonchev–Trinajstić information content (AvgIpc) is 3.21. The minimum atomic E-state index is 0.0634. The van der Waals surface area contributed by atoms with Crippen molar-refractivity contribution in [1.82, 2.24) is 9.97 Å². The van der Waals surface area contributed by atoms with Gasteiger partial charge >= 0.3 is 0 Å². The summed E-state index contributed by atoms with van der Waals surface area (Å²) in [5.74, 6) is 1.46. The van der Waals surface area contributed by atoms with Crippen molar-refractivity contribution in [2.45, 2.75) is 32.1 Å². The van der Waals surface area contributed by atoms with E-state index in [1.54, 1.807) is 12.4 Å². The SMILES string of the molecule is Cc1ccc(NSc2ccc(-c3cnc(C)o3)cc2)c(C(=O)Cc2ccc(C)nc2)c1. The molecular weight excluding hydrogens is 406 g/mol. The summed E-state index contributed by atoms with van der Waals surface area (Å²) >= 11 is 1.47. The number of hydrogen-bond donors (Lipinski definition) is 1. The highest BCUT2D eigenvalue weighted by Gasteiger charge is 2.13. The number of ketones is 1. The Labute approximate surface area is 186 Å². The van der Waals surface area contributed by atoms with Gasteiger partial charge in [0.05, 0.1) is 11.9 Å². The van der Waals surface area contributed by atoms with Gasteiger partial charge in [0.1, 0.15) is 0 Å². The number of pyridine rings is 1. The van der Waals surface area contributed by atoms with E-state index in [1.165, 1.54) is 11.9 Å². The fourth-order valence-corrected chi connectivity index (χ4v) is 3.84. The van der Waals surface area contributed by atoms with Gasteiger partial charge < -0.3 is 9.14 Å². The summed E-state index contributed by atoms with van der Waals surface area (Å²) in [4.78, 5) is 22.5. The minimum absolute atomic E-state index is 0.0634. The number of nitrogens with zero attached hydrogens (tertiary/aromatic N) is 2. The Morgan fingerprint density at radius 3 is 2.45 bits per heavy atom. The van der Waals surface area contributed by atoms with Crippen molar-refractivity contribution in [3.63, 3.8) is 0 Å². The van der Waals surface area contributed by atoms with Crippen LogP contribution in [0.15, 0.2) is 76.3 Å². The van der Waals surface area contributed by atoms with Gasteiger partial charge in [0.25, 0.3) is 0 Å². The maximum Gasteiger partial charge on any atom is 0.191 e. The van der Waals surface area contributed by atoms with Crippen LogP contribution in [0.5, 0.6) is 0 Å². The quantitative estimate of drug-likeness (QED) is 0.278. The standard InChI is InChI=1S/C25H23N3O2S/c1-16-4-11-23(22(12-16)24(29)13-19-6-5-17(2)26-14-19)28-31-21-9-7-20(8-10-21)25-15-27-18(3)30-25/h4-12,14-15,28H,13H2,1-3H3. The van der Waals surface area contributed by atoms with E-state index in [4.69, 9.17) is 4.42 Å². The molecule has 0 spiro atoms. The molecule has 0 aliphatic carbocycles. The van der Waals surface area contributed by atoms with E-state index in [-0.39, 0.29) is 5.78 Å². The number of anilines is 1. The van der Waals surface area contributed by atoms with Crippen molar-refractivity contribution >= 4 is 23.4 Å². The van der Waals surface area contributed by atoms with Gasteiger partial charge in [-0.25, -0.2) is 4.98 Å². The van der Waals surface area contributed by atoms with Crippen LogP contribution in [0.1, 0.15) is 33.1 Å². The van der Waals surface area contributed by atoms with Crippen LogP contribution in [0.3, 0.4) is 0 Å². The van der Waals surface area contributed by atoms with Gasteiger partial charge in [-0.3, -0.25) is 9.78 Å². The first-order chi connectivity index (χ1) is 15.0. The largest absolute Gasteiger partial charge is 0.441 e. The number of aromatic nitrogens is 2. The lowest BCUT2D eigenvalue weighted by Gasteiger charge is -2.12. The number of nitrogens with one attached hydrogen (secondary N) is 1. The third kappa shape index (κ3) is 5.22. The van der Waals surface area contributed by atoms with Gasteiger partial charge in [-0.1, -0.05) is 29.8 Å². The van der Waals surface area contributed by atoms with Crippen LogP contribution in [0.4, 0.5) is 5.69 Å². The first kappa shape index (κ1) is 20.9. The first-order valence-electron chi connectivity index (χ1n) is 9.99. The summed E-state index contributed by atoms with van der Waals surface area (Å²) in [5, 5.41) is 0. The lowest BCUT2D eigenvalue weighted by molar-refractivity contribution is 0.0993. The molecule has 2 aromatic heterocycles. The maximum absolute atomic E-state index is 13.0. The van der Waals surface area contributed by atoms with Crippen molar-refractivity contribution in [3.8, 4) is 11.3 Å². The number of rotatable bonds is 7. The van der Waals surface area contributed by atoms with Gasteiger partial charge in [0.2, 0.25) is 0 Å². The van der Waals surface area contributed by atoms with E-state index in [0.29, 0.717) is 17.9 Å². The van der Waals surface area contributed by atoms with E-state index in [9.17, 15) is 4.79 Å². The Hall–Kier alpha value is -3.38. The minimum Gasteiger partial charge on any atom is -0.441 e. The summed E-state index contributed by atoms with van der Waals surface area (Å²) in [7, 11) is 0. The lowest BCUT2D eigenvalue weighted by atomic mass is 10.0. The van der Waals surface area contributed by atoms with Crippen LogP contribution in [-0.4, -0.2) is 15.8 Å². The second-order valence-corrected chi connectivity index (χ2v) is 8.31. The van der Waals surface area contributed by atoms with Crippen LogP contribution in [0, 0.1) is 20.8 Å². The first-order valence-corrected chi connectivity index (χ1v) is 10.8. The fourth-order valence-electron chi connectivity index (χ4n) is 3.16. The van der Waals surface area contributed by atoms with Crippen LogP contribution in [0.25, 0.3) is 11.3 Å². The summed E-state index contributed by atoms with van der Waals surface area (Å²) in [6.45, 7) is 5.75. The van der Waals surface area contributed by atoms with Crippen molar-refractivity contribution in [1.29, 1.82) is 0 Å². The zero-order chi connectivity index (χ0) is 21.8. The molecule has 0 amide bonds. The van der Waals surface area contributed by atoms with Crippen molar-refractivity contribution in [3.05, 3.63) is 95.3 Å². The third-order valence-corrected chi connectivity index (χ3v) is 5.68. The Morgan fingerprint density at radius 1 is 0.968 bits per heavy atom. The second-order valence-electron chi connectivity index (χ2n) is 7.43. The molecule has 156 valence electrons. The van der Waals surface area contributed by atoms with Crippen molar-refractivity contribution in [2.75, 3.05) is 4.72 Å². The maximum atomic E-state index is 13.0. The van der Waals surface area contributed by atoms with E-state index in [1.807, 2.05) is 75.4 Å². The van der Waals surface area contributed by atoms with E-state index in [2.05, 4.69) is 14.7 Å². The molecule has 0 unspecified atom stereocenters. The van der Waals surface area contributed by atoms with E-state index in [0.717, 1.165) is 38.7 Å². The normalized spacial score (nSPS) is 10.8. The highest BCUT2D eigenvalue weighted by Crippen LogP contribution is 2.28. The van der Waals surface area contributed by atoms with E-state index >= 15 is 0 Å². The molecule has 2 heterocycles. The summed E-state index contributed by atoms with van der Waals surface area (Å²) in [5.41, 5.74) is 5.36. The van der Waals surface area contributed by atoms with Gasteiger partial charge in [-0.05, 0) is 61.7 Å². The third-order valence-electron chi connectivity index (χ3n) is 4.85. The number of carbonyl (C=O) groups excluding carboxylic acids is 1. The van der Waals surface area contributed by atoms with Gasteiger partial charge in [-0.15, -0.1) is 0 Å². The van der Waals surface area contributed by atoms with Crippen molar-refractivity contribution < 1.29 is 9.21 Å². The highest BCUT2D eigenvalue weighted by molar-refractivity contribution is 8.00. The topological polar surface area (TPSA) is 68.0 Å². The molecule has 0 saturated carbocycles. The molecule has 2 aromatic carbocycles. The monoisotopic (exact) mass is 429 g/mol. The van der Waals surface area contributed by atoms with Crippen molar-refractivity contribution in [2.24, 2.45) is 0 Å². The second kappa shape index (κ2) is 9.18. The molecule has 31 heavy (non-hydrogen) atoms. The van der Waals surface area contributed by atoms with E-state index < -0.39 is 0 Å². The predicted molar refractivity (Wildman–Crippen MR) is 124 cm³/mol. The molecule has 0 fully saturated rings. The number of aryl methyl sites for hydroxylation is 3. The molecule has 0 aliphatic heterocycles. The number of carbonyl (C=O) groups is 1. The van der Waals surface area contributed by atoms with Gasteiger partial charge in [-0.2, -0.15) is 0 Å². The molecule has 6 heteroatoms. The van der Waals surface area contributed by atoms with Crippen LogP contribution >= 0.6 is 11.9 Å². The fraction of sp³-hybridized carbons (Fsp3) is 0.160. The van der Waals surface area contributed by atoms with Crippen LogP contribution in [0.2, 0.25) is 0 Å². The summed E-state index contributed by atoms with van der Waals surface area (Å²) in [6.07, 6.45) is 3.81. The molecule has 5 nitrogen and oxygen atoms in total. The Morgan fingerprint density at radius 2 is 1.77 bits per heavy atom. The zero-order valence-corrected chi connectivity index (χ0v) is 18.5. The highest BCUT2D eigenvalue weighted by atomic mass is 32.2. The van der Waals surface area contributed by atoms with Gasteiger partial charge in [0.15, 0.2) is 17.4 Å². The molecule has 0 saturated heterocycles. The van der Waals surface area contributed by atoms with Crippen LogP contribution < -0.4 is 4.72 Å². The Bertz CT molecular complexity index is 1200. The molecule has 0 aliphatic rings. The number of Topliss-reactive ketones (excluding diaryl/α,β-unsaturated/α-hetero) is 1. The molecule has 0 atom stereocenters. The molecule has 0 radical (unpaired) electrons. The summed E-state index contributed by atoms with van der Waals surface area (Å²) in [6, 6.07) is 17.8. The number of oxazole rings is 1. The van der Waals surface area contributed by atoms with Crippen LogP contribution in [-0.2, 0) is 6.42 Å². The van der Waals surface area contributed by atoms with Gasteiger partial charge in [0, 0.05) is 41.3 Å². The molecule has 0 bridgehead atoms. The Balaban J connectivity index is 1.47. The molecule has 4 rings (SSSR count). The number of benzene rings is 2. The predicted octanol–water partition coefficient (Wildman–Crippen LogP) is 6.21. The molecule has 1 N–H and O–H groups in total. The average molecular weight is 430 g/mol. The molecular formula is C25H23N3O2S. The smallest absolute Gasteiger partial charge is 0.191 e. The number of hydrogen-bond acceptors (Lipinski definition) is 6. The zero-order valence-electron chi connectivity index (χ0n) is 17.7.